The van der Waals surface area contributed by atoms with E-state index < -0.39 is 0 Å². The van der Waals surface area contributed by atoms with E-state index in [1.54, 1.807) is 6.26 Å². The van der Waals surface area contributed by atoms with E-state index in [0.29, 0.717) is 11.8 Å². The summed E-state index contributed by atoms with van der Waals surface area (Å²) in [6.45, 7) is 10.1. The summed E-state index contributed by atoms with van der Waals surface area (Å²) in [7, 11) is 1.86. The number of piperazine rings is 1. The lowest BCUT2D eigenvalue weighted by molar-refractivity contribution is 0.169. The van der Waals surface area contributed by atoms with E-state index in [1.165, 1.54) is 5.56 Å². The molecule has 0 spiro atoms. The van der Waals surface area contributed by atoms with Crippen LogP contribution in [0.15, 0.2) is 46.4 Å². The van der Waals surface area contributed by atoms with Gasteiger partial charge in [-0.2, -0.15) is 0 Å². The van der Waals surface area contributed by atoms with Crippen LogP contribution in [0.1, 0.15) is 31.0 Å². The molecule has 3 heterocycles. The van der Waals surface area contributed by atoms with Crippen LogP contribution < -0.4 is 5.32 Å². The topological polar surface area (TPSA) is 69.8 Å². The highest BCUT2D eigenvalue weighted by Gasteiger charge is 2.22. The van der Waals surface area contributed by atoms with Gasteiger partial charge in [-0.1, -0.05) is 25.1 Å². The summed E-state index contributed by atoms with van der Waals surface area (Å²) >= 11 is 0. The number of pyridine rings is 1. The van der Waals surface area contributed by atoms with Gasteiger partial charge in [-0.05, 0) is 17.5 Å². The van der Waals surface area contributed by atoms with Crippen LogP contribution in [-0.2, 0) is 6.54 Å². The normalized spacial score (nSPS) is 17.3. The van der Waals surface area contributed by atoms with Gasteiger partial charge in [0.25, 0.3) is 0 Å². The SMILES string of the molecule is CN=C(NCC(c1cccnc1)C(C)C)N1CCN(Cc2ccon2)CC1. The smallest absolute Gasteiger partial charge is 0.193 e. The van der Waals surface area contributed by atoms with E-state index >= 15 is 0 Å². The summed E-state index contributed by atoms with van der Waals surface area (Å²) in [5, 5.41) is 7.59. The minimum Gasteiger partial charge on any atom is -0.364 e. The molecule has 1 fully saturated rings. The van der Waals surface area contributed by atoms with Crippen molar-refractivity contribution in [2.75, 3.05) is 39.8 Å². The Balaban J connectivity index is 1.52. The van der Waals surface area contributed by atoms with Gasteiger partial charge in [0.15, 0.2) is 5.96 Å². The van der Waals surface area contributed by atoms with Crippen LogP contribution >= 0.6 is 0 Å². The van der Waals surface area contributed by atoms with Crippen LogP contribution in [0, 0.1) is 5.92 Å². The Morgan fingerprint density at radius 2 is 2.07 bits per heavy atom. The van der Waals surface area contributed by atoms with E-state index in [-0.39, 0.29) is 0 Å². The van der Waals surface area contributed by atoms with Gasteiger partial charge in [0, 0.05) is 70.7 Å². The predicted octanol–water partition coefficient (Wildman–Crippen LogP) is 2.20. The van der Waals surface area contributed by atoms with Crippen LogP contribution in [-0.4, -0.2) is 65.7 Å². The van der Waals surface area contributed by atoms with Crippen molar-refractivity contribution in [3.8, 4) is 0 Å². The third-order valence-corrected chi connectivity index (χ3v) is 5.16. The van der Waals surface area contributed by atoms with E-state index in [4.69, 9.17) is 4.52 Å². The van der Waals surface area contributed by atoms with Crippen LogP contribution in [0.3, 0.4) is 0 Å². The number of nitrogens with zero attached hydrogens (tertiary/aromatic N) is 5. The molecule has 1 atom stereocenters. The maximum Gasteiger partial charge on any atom is 0.193 e. The van der Waals surface area contributed by atoms with Crippen molar-refractivity contribution in [3.63, 3.8) is 0 Å². The van der Waals surface area contributed by atoms with E-state index in [9.17, 15) is 0 Å². The number of hydrogen-bond acceptors (Lipinski definition) is 5. The van der Waals surface area contributed by atoms with Gasteiger partial charge in [0.2, 0.25) is 0 Å². The van der Waals surface area contributed by atoms with Gasteiger partial charge in [0.05, 0.1) is 5.69 Å². The predicted molar refractivity (Wildman–Crippen MR) is 107 cm³/mol. The second kappa shape index (κ2) is 9.50. The van der Waals surface area contributed by atoms with Gasteiger partial charge in [0.1, 0.15) is 6.26 Å². The minimum atomic E-state index is 0.406. The molecule has 2 aromatic heterocycles. The fourth-order valence-corrected chi connectivity index (χ4v) is 3.53. The van der Waals surface area contributed by atoms with E-state index in [2.05, 4.69) is 50.2 Å². The Kier molecular flexibility index (Phi) is 6.81. The molecule has 3 rings (SSSR count). The lowest BCUT2D eigenvalue weighted by Crippen LogP contribution is -2.52. The van der Waals surface area contributed by atoms with Crippen molar-refractivity contribution in [1.29, 1.82) is 0 Å². The van der Waals surface area contributed by atoms with Crippen molar-refractivity contribution in [2.45, 2.75) is 26.3 Å². The molecular weight excluding hydrogens is 340 g/mol. The van der Waals surface area contributed by atoms with E-state index in [0.717, 1.165) is 50.9 Å². The first-order valence-electron chi connectivity index (χ1n) is 9.64. The molecule has 0 aromatic carbocycles. The molecular formula is C20H30N6O. The number of nitrogens with one attached hydrogen (secondary N) is 1. The molecule has 0 amide bonds. The Labute approximate surface area is 161 Å². The monoisotopic (exact) mass is 370 g/mol. The van der Waals surface area contributed by atoms with Gasteiger partial charge in [-0.3, -0.25) is 14.9 Å². The Morgan fingerprint density at radius 3 is 2.67 bits per heavy atom. The van der Waals surface area contributed by atoms with Crippen LogP contribution in [0.4, 0.5) is 0 Å². The fourth-order valence-electron chi connectivity index (χ4n) is 3.53. The maximum atomic E-state index is 4.92. The first-order valence-corrected chi connectivity index (χ1v) is 9.64. The molecule has 1 N–H and O–H groups in total. The minimum absolute atomic E-state index is 0.406. The Morgan fingerprint density at radius 1 is 1.26 bits per heavy atom. The second-order valence-corrected chi connectivity index (χ2v) is 7.32. The number of guanidine groups is 1. The molecule has 27 heavy (non-hydrogen) atoms. The molecule has 1 aliphatic rings. The third kappa shape index (κ3) is 5.29. The third-order valence-electron chi connectivity index (χ3n) is 5.16. The Hall–Kier alpha value is -2.41. The lowest BCUT2D eigenvalue weighted by atomic mass is 9.89. The first-order chi connectivity index (χ1) is 13.2. The van der Waals surface area contributed by atoms with Crippen molar-refractivity contribution in [3.05, 3.63) is 48.1 Å². The summed E-state index contributed by atoms with van der Waals surface area (Å²) in [5.41, 5.74) is 2.26. The summed E-state index contributed by atoms with van der Waals surface area (Å²) < 4.78 is 4.92. The average Bonchev–Trinajstić information content (AvgIpc) is 3.20. The standard InChI is InChI=1S/C20H30N6O/c1-16(2)19(17-5-4-7-22-13-17)14-23-20(21-3)26-10-8-25(9-11-26)15-18-6-12-27-24-18/h4-7,12-13,16,19H,8-11,14-15H2,1-3H3,(H,21,23). The van der Waals surface area contributed by atoms with Crippen LogP contribution in [0.2, 0.25) is 0 Å². The van der Waals surface area contributed by atoms with Crippen molar-refractivity contribution in [1.82, 2.24) is 25.3 Å². The van der Waals surface area contributed by atoms with Crippen molar-refractivity contribution >= 4 is 5.96 Å². The van der Waals surface area contributed by atoms with Gasteiger partial charge in [-0.25, -0.2) is 0 Å². The molecule has 0 radical (unpaired) electrons. The first kappa shape index (κ1) is 19.4. The molecule has 1 aliphatic heterocycles. The zero-order valence-corrected chi connectivity index (χ0v) is 16.5. The van der Waals surface area contributed by atoms with Crippen LogP contribution in [0.5, 0.6) is 0 Å². The summed E-state index contributed by atoms with van der Waals surface area (Å²) in [5.74, 6) is 1.91. The molecule has 0 saturated carbocycles. The Bertz CT molecular complexity index is 693. The highest BCUT2D eigenvalue weighted by molar-refractivity contribution is 5.80. The molecule has 0 aliphatic carbocycles. The molecule has 7 heteroatoms. The lowest BCUT2D eigenvalue weighted by Gasteiger charge is -2.36. The van der Waals surface area contributed by atoms with E-state index in [1.807, 2.05) is 31.6 Å². The number of aromatic nitrogens is 2. The molecule has 1 saturated heterocycles. The van der Waals surface area contributed by atoms with Gasteiger partial charge in [-0.15, -0.1) is 0 Å². The fraction of sp³-hybridized carbons (Fsp3) is 0.550. The number of aliphatic imine (C=N–C) groups is 1. The quantitative estimate of drug-likeness (QED) is 0.621. The summed E-state index contributed by atoms with van der Waals surface area (Å²) in [4.78, 5) is 13.5. The van der Waals surface area contributed by atoms with Gasteiger partial charge >= 0.3 is 0 Å². The van der Waals surface area contributed by atoms with Crippen LogP contribution in [0.25, 0.3) is 0 Å². The summed E-state index contributed by atoms with van der Waals surface area (Å²) in [6, 6.07) is 6.09. The maximum absolute atomic E-state index is 4.92. The second-order valence-electron chi connectivity index (χ2n) is 7.32. The van der Waals surface area contributed by atoms with Crippen molar-refractivity contribution in [2.24, 2.45) is 10.9 Å². The number of rotatable bonds is 6. The molecule has 7 nitrogen and oxygen atoms in total. The zero-order valence-electron chi connectivity index (χ0n) is 16.5. The summed E-state index contributed by atoms with van der Waals surface area (Å²) in [6.07, 6.45) is 5.42. The highest BCUT2D eigenvalue weighted by atomic mass is 16.5. The van der Waals surface area contributed by atoms with Gasteiger partial charge < -0.3 is 14.7 Å². The average molecular weight is 371 g/mol. The highest BCUT2D eigenvalue weighted by Crippen LogP contribution is 2.22. The van der Waals surface area contributed by atoms with Crippen molar-refractivity contribution < 1.29 is 4.52 Å². The molecule has 146 valence electrons. The molecule has 0 bridgehead atoms. The number of hydrogen-bond donors (Lipinski definition) is 1. The largest absolute Gasteiger partial charge is 0.364 e. The zero-order chi connectivity index (χ0) is 19.1. The molecule has 1 unspecified atom stereocenters. The molecule has 2 aromatic rings.